The molecule has 1 amide bonds. The molecule has 3 unspecified atom stereocenters. The van der Waals surface area contributed by atoms with Crippen molar-refractivity contribution >= 4 is 13.7 Å². The van der Waals surface area contributed by atoms with Crippen molar-refractivity contribution in [1.82, 2.24) is 5.32 Å². The Bertz CT molecular complexity index is 901. The van der Waals surface area contributed by atoms with Crippen LogP contribution in [0.3, 0.4) is 0 Å². The van der Waals surface area contributed by atoms with E-state index in [-0.39, 0.29) is 19.1 Å². The highest BCUT2D eigenvalue weighted by atomic mass is 31.2. The topological polar surface area (TPSA) is 108 Å². The first-order chi connectivity index (χ1) is 27.5. The Hall–Kier alpha value is -0.500. The van der Waals surface area contributed by atoms with E-state index in [0.29, 0.717) is 23.9 Å². The maximum absolute atomic E-state index is 12.7. The number of carbonyl (C=O) groups is 1. The lowest BCUT2D eigenvalue weighted by Crippen LogP contribution is -2.46. The third-order valence-corrected chi connectivity index (χ3v) is 12.6. The molecular formula is C48H99N2O6P. The van der Waals surface area contributed by atoms with Gasteiger partial charge >= 0.3 is 0 Å². The molecule has 8 nitrogen and oxygen atoms in total. The minimum Gasteiger partial charge on any atom is -0.756 e. The van der Waals surface area contributed by atoms with Gasteiger partial charge in [-0.1, -0.05) is 232 Å². The van der Waals surface area contributed by atoms with E-state index in [0.717, 1.165) is 38.5 Å². The largest absolute Gasteiger partial charge is 0.756 e. The van der Waals surface area contributed by atoms with Crippen molar-refractivity contribution in [3.63, 3.8) is 0 Å². The Morgan fingerprint density at radius 2 is 0.860 bits per heavy atom. The van der Waals surface area contributed by atoms with E-state index in [1.807, 2.05) is 21.1 Å². The van der Waals surface area contributed by atoms with E-state index in [1.165, 1.54) is 186 Å². The molecule has 0 aromatic heterocycles. The van der Waals surface area contributed by atoms with Gasteiger partial charge in [-0.05, 0) is 12.8 Å². The van der Waals surface area contributed by atoms with Gasteiger partial charge in [-0.15, -0.1) is 0 Å². The second-order valence-corrected chi connectivity index (χ2v) is 19.9. The zero-order valence-electron chi connectivity index (χ0n) is 38.8. The fourth-order valence-electron chi connectivity index (χ4n) is 7.63. The molecule has 0 heterocycles. The van der Waals surface area contributed by atoms with Gasteiger partial charge in [0.1, 0.15) is 13.2 Å². The fraction of sp³-hybridized carbons (Fsp3) is 0.979. The second kappa shape index (κ2) is 40.9. The number of rotatable bonds is 46. The number of phosphoric ester groups is 1. The molecule has 0 rings (SSSR count). The molecule has 0 aliphatic rings. The molecule has 0 spiro atoms. The number of hydrogen-bond acceptors (Lipinski definition) is 6. The summed E-state index contributed by atoms with van der Waals surface area (Å²) in [4.78, 5) is 25.0. The number of hydrogen-bond donors (Lipinski definition) is 2. The molecule has 0 aromatic carbocycles. The summed E-state index contributed by atoms with van der Waals surface area (Å²) in [5.41, 5.74) is 0. The van der Waals surface area contributed by atoms with Crippen LogP contribution in [-0.2, 0) is 18.4 Å². The van der Waals surface area contributed by atoms with Crippen molar-refractivity contribution in [2.45, 2.75) is 264 Å². The number of phosphoric acid groups is 1. The summed E-state index contributed by atoms with van der Waals surface area (Å²) in [6, 6.07) is -0.790. The highest BCUT2D eigenvalue weighted by Gasteiger charge is 2.24. The standard InChI is InChI=1S/C48H99N2O6P/c1-6-8-10-11-12-13-14-15-16-17-18-19-20-21-22-23-24-25-26-27-28-29-30-31-32-33-34-35-36-37-38-40-42-48(52)49-46(47(51)41-39-9-7-2)45-56-57(53,54)55-44-43-50(3,4)5/h46-47,51H,6-45H2,1-5H3,(H-,49,52,53,54). The van der Waals surface area contributed by atoms with E-state index in [4.69, 9.17) is 9.05 Å². The summed E-state index contributed by atoms with van der Waals surface area (Å²) in [6.45, 7) is 4.58. The Morgan fingerprint density at radius 1 is 0.544 bits per heavy atom. The number of quaternary nitrogens is 1. The normalized spacial score (nSPS) is 14.2. The number of carbonyl (C=O) groups excluding carboxylic acids is 1. The molecule has 2 N–H and O–H groups in total. The number of unbranched alkanes of at least 4 members (excludes halogenated alkanes) is 33. The molecule has 0 aromatic rings. The molecule has 0 fully saturated rings. The van der Waals surface area contributed by atoms with Gasteiger partial charge in [-0.25, -0.2) is 0 Å². The number of aliphatic hydroxyl groups is 1. The molecular weight excluding hydrogens is 732 g/mol. The van der Waals surface area contributed by atoms with Crippen LogP contribution in [0.5, 0.6) is 0 Å². The van der Waals surface area contributed by atoms with Gasteiger partial charge in [0.2, 0.25) is 5.91 Å². The van der Waals surface area contributed by atoms with Crippen molar-refractivity contribution in [3.8, 4) is 0 Å². The Kier molecular flexibility index (Phi) is 40.5. The molecule has 0 radical (unpaired) electrons. The van der Waals surface area contributed by atoms with Crippen molar-refractivity contribution in [2.75, 3.05) is 40.9 Å². The summed E-state index contributed by atoms with van der Waals surface area (Å²) in [6.07, 6.45) is 46.7. The monoisotopic (exact) mass is 831 g/mol. The van der Waals surface area contributed by atoms with Gasteiger partial charge < -0.3 is 28.8 Å². The van der Waals surface area contributed by atoms with Crippen LogP contribution in [0.1, 0.15) is 251 Å². The first-order valence-electron chi connectivity index (χ1n) is 24.9. The van der Waals surface area contributed by atoms with Gasteiger partial charge in [0.25, 0.3) is 7.82 Å². The smallest absolute Gasteiger partial charge is 0.268 e. The first-order valence-corrected chi connectivity index (χ1v) is 26.3. The average molecular weight is 831 g/mol. The predicted molar refractivity (Wildman–Crippen MR) is 243 cm³/mol. The lowest BCUT2D eigenvalue weighted by Gasteiger charge is -2.30. The summed E-state index contributed by atoms with van der Waals surface area (Å²) in [5, 5.41) is 13.6. The molecule has 0 bridgehead atoms. The van der Waals surface area contributed by atoms with Crippen LogP contribution in [0.4, 0.5) is 0 Å². The van der Waals surface area contributed by atoms with Crippen LogP contribution in [0.2, 0.25) is 0 Å². The Labute approximate surface area is 355 Å². The van der Waals surface area contributed by atoms with Gasteiger partial charge in [0.05, 0.1) is 39.9 Å². The summed E-state index contributed by atoms with van der Waals surface area (Å²) in [7, 11) is 1.31. The van der Waals surface area contributed by atoms with Crippen LogP contribution < -0.4 is 10.2 Å². The van der Waals surface area contributed by atoms with Gasteiger partial charge in [-0.3, -0.25) is 9.36 Å². The van der Waals surface area contributed by atoms with E-state index >= 15 is 0 Å². The van der Waals surface area contributed by atoms with Gasteiger partial charge in [0, 0.05) is 6.42 Å². The second-order valence-electron chi connectivity index (χ2n) is 18.5. The zero-order chi connectivity index (χ0) is 42.1. The van der Waals surface area contributed by atoms with E-state index in [9.17, 15) is 19.4 Å². The molecule has 0 aliphatic heterocycles. The van der Waals surface area contributed by atoms with Crippen LogP contribution in [0.15, 0.2) is 0 Å². The van der Waals surface area contributed by atoms with Crippen LogP contribution >= 0.6 is 7.82 Å². The first kappa shape index (κ1) is 56.5. The van der Waals surface area contributed by atoms with Crippen LogP contribution in [-0.4, -0.2) is 68.5 Å². The summed E-state index contributed by atoms with van der Waals surface area (Å²) in [5.74, 6) is -0.171. The highest BCUT2D eigenvalue weighted by Crippen LogP contribution is 2.38. The molecule has 342 valence electrons. The van der Waals surface area contributed by atoms with Crippen molar-refractivity contribution in [1.29, 1.82) is 0 Å². The molecule has 3 atom stereocenters. The minimum atomic E-state index is -4.54. The van der Waals surface area contributed by atoms with Crippen LogP contribution in [0.25, 0.3) is 0 Å². The zero-order valence-corrected chi connectivity index (χ0v) is 39.7. The molecule has 0 saturated heterocycles. The number of nitrogens with zero attached hydrogens (tertiary/aromatic N) is 1. The molecule has 0 saturated carbocycles. The van der Waals surface area contributed by atoms with Crippen molar-refractivity contribution in [2.24, 2.45) is 0 Å². The van der Waals surface area contributed by atoms with E-state index in [2.05, 4.69) is 19.2 Å². The molecule has 0 aliphatic carbocycles. The SMILES string of the molecule is CCCCCCCCCCCCCCCCCCCCCCCCCCCCCCCCCCC(=O)NC(COP(=O)([O-])OCC[N+](C)(C)C)C(O)CCCCC. The number of likely N-dealkylation sites (N-methyl/N-ethyl adjacent to an activating group) is 1. The van der Waals surface area contributed by atoms with Gasteiger partial charge in [0.15, 0.2) is 0 Å². The van der Waals surface area contributed by atoms with Crippen molar-refractivity contribution in [3.05, 3.63) is 0 Å². The quantitative estimate of drug-likeness (QED) is 0.0359. The van der Waals surface area contributed by atoms with Gasteiger partial charge in [-0.2, -0.15) is 0 Å². The number of nitrogens with one attached hydrogen (secondary N) is 1. The molecule has 57 heavy (non-hydrogen) atoms. The highest BCUT2D eigenvalue weighted by molar-refractivity contribution is 7.45. The summed E-state index contributed by atoms with van der Waals surface area (Å²) >= 11 is 0. The number of amides is 1. The predicted octanol–water partition coefficient (Wildman–Crippen LogP) is 13.5. The average Bonchev–Trinajstić information content (AvgIpc) is 3.16. The minimum absolute atomic E-state index is 0.0140. The number of aliphatic hydroxyl groups excluding tert-OH is 1. The lowest BCUT2D eigenvalue weighted by atomic mass is 10.0. The molecule has 9 heteroatoms. The summed E-state index contributed by atoms with van der Waals surface area (Å²) < 4.78 is 23.0. The maximum atomic E-state index is 12.7. The van der Waals surface area contributed by atoms with Crippen LogP contribution in [0, 0.1) is 0 Å². The third-order valence-electron chi connectivity index (χ3n) is 11.6. The maximum Gasteiger partial charge on any atom is 0.268 e. The van der Waals surface area contributed by atoms with Crippen molar-refractivity contribution < 1.29 is 32.9 Å². The third kappa shape index (κ3) is 43.4. The van der Waals surface area contributed by atoms with E-state index < -0.39 is 20.0 Å². The lowest BCUT2D eigenvalue weighted by molar-refractivity contribution is -0.870. The van der Waals surface area contributed by atoms with E-state index in [1.54, 1.807) is 0 Å². The Balaban J connectivity index is 3.65. The Morgan fingerprint density at radius 3 is 1.19 bits per heavy atom. The fourth-order valence-corrected chi connectivity index (χ4v) is 8.35.